The zero-order chi connectivity index (χ0) is 24.6. The van der Waals surface area contributed by atoms with E-state index in [2.05, 4.69) is 5.32 Å². The number of nitrogens with one attached hydrogen (secondary N) is 1. The number of hydrogen-bond donors (Lipinski definition) is 1. The monoisotopic (exact) mass is 492 g/mol. The first kappa shape index (κ1) is 24.8. The molecule has 2 amide bonds. The summed E-state index contributed by atoms with van der Waals surface area (Å²) in [4.78, 5) is 30.2. The van der Waals surface area contributed by atoms with Crippen LogP contribution in [-0.4, -0.2) is 37.0 Å². The standard InChI is InChI=1S/C28H32N2O4S/c1-33-23-12-5-8-20(16-23)19-30(26(31)18-25-14-7-15-35-25)27(21-9-6-13-24(17-21)34-2)28(32)29-22-10-3-4-11-22/h5-9,12-17,22,27H,3-4,10-11,18-19H2,1-2H3,(H,29,32). The maximum Gasteiger partial charge on any atom is 0.247 e. The van der Waals surface area contributed by atoms with E-state index in [-0.39, 0.29) is 30.8 Å². The lowest BCUT2D eigenvalue weighted by molar-refractivity contribution is -0.141. The van der Waals surface area contributed by atoms with Crippen LogP contribution in [0.2, 0.25) is 0 Å². The van der Waals surface area contributed by atoms with E-state index >= 15 is 0 Å². The van der Waals surface area contributed by atoms with Gasteiger partial charge in [0.25, 0.3) is 0 Å². The quantitative estimate of drug-likeness (QED) is 0.426. The first-order valence-electron chi connectivity index (χ1n) is 12.0. The number of hydrogen-bond acceptors (Lipinski definition) is 5. The predicted molar refractivity (Wildman–Crippen MR) is 138 cm³/mol. The third-order valence-corrected chi connectivity index (χ3v) is 7.26. The third-order valence-electron chi connectivity index (χ3n) is 6.38. The second-order valence-electron chi connectivity index (χ2n) is 8.80. The molecule has 1 saturated carbocycles. The lowest BCUT2D eigenvalue weighted by atomic mass is 10.0. The van der Waals surface area contributed by atoms with Crippen LogP contribution in [0.25, 0.3) is 0 Å². The molecule has 2 aromatic carbocycles. The van der Waals surface area contributed by atoms with Crippen molar-refractivity contribution in [3.8, 4) is 11.5 Å². The summed E-state index contributed by atoms with van der Waals surface area (Å²) < 4.78 is 10.8. The number of methoxy groups -OCH3 is 2. The Labute approximate surface area is 210 Å². The third kappa shape index (κ3) is 6.42. The second-order valence-corrected chi connectivity index (χ2v) is 9.83. The van der Waals surface area contributed by atoms with Crippen LogP contribution >= 0.6 is 11.3 Å². The van der Waals surface area contributed by atoms with Gasteiger partial charge in [-0.3, -0.25) is 9.59 Å². The highest BCUT2D eigenvalue weighted by molar-refractivity contribution is 7.10. The molecule has 0 spiro atoms. The first-order valence-corrected chi connectivity index (χ1v) is 12.8. The Morgan fingerprint density at radius 2 is 1.71 bits per heavy atom. The van der Waals surface area contributed by atoms with Gasteiger partial charge in [-0.15, -0.1) is 11.3 Å². The average molecular weight is 493 g/mol. The minimum atomic E-state index is -0.788. The van der Waals surface area contributed by atoms with Crippen LogP contribution in [0.1, 0.15) is 47.7 Å². The summed E-state index contributed by atoms with van der Waals surface area (Å²) in [5.41, 5.74) is 1.62. The molecule has 1 aliphatic carbocycles. The number of carbonyl (C=O) groups excluding carboxylic acids is 2. The normalized spacial score (nSPS) is 14.3. The summed E-state index contributed by atoms with van der Waals surface area (Å²) in [7, 11) is 3.22. The molecule has 1 N–H and O–H groups in total. The SMILES string of the molecule is COc1cccc(CN(C(=O)Cc2cccs2)C(C(=O)NC2CCCC2)c2cccc(OC)c2)c1. The van der Waals surface area contributed by atoms with Crippen LogP contribution in [0.5, 0.6) is 11.5 Å². The van der Waals surface area contributed by atoms with E-state index < -0.39 is 6.04 Å². The number of ether oxygens (including phenoxy) is 2. The van der Waals surface area contributed by atoms with Crippen molar-refractivity contribution < 1.29 is 19.1 Å². The van der Waals surface area contributed by atoms with Gasteiger partial charge in [-0.25, -0.2) is 0 Å². The smallest absolute Gasteiger partial charge is 0.247 e. The Bertz CT molecular complexity index is 1130. The van der Waals surface area contributed by atoms with Crippen molar-refractivity contribution in [2.24, 2.45) is 0 Å². The molecule has 35 heavy (non-hydrogen) atoms. The molecule has 1 aromatic heterocycles. The van der Waals surface area contributed by atoms with Crippen molar-refractivity contribution in [3.63, 3.8) is 0 Å². The van der Waals surface area contributed by atoms with Gasteiger partial charge in [-0.1, -0.05) is 43.2 Å². The van der Waals surface area contributed by atoms with E-state index in [1.54, 1.807) is 30.5 Å². The number of amides is 2. The van der Waals surface area contributed by atoms with Crippen LogP contribution < -0.4 is 14.8 Å². The van der Waals surface area contributed by atoms with E-state index in [4.69, 9.17) is 9.47 Å². The molecule has 0 aliphatic heterocycles. The summed E-state index contributed by atoms with van der Waals surface area (Å²) in [6, 6.07) is 18.3. The molecule has 1 aliphatic rings. The molecular weight excluding hydrogens is 460 g/mol. The van der Waals surface area contributed by atoms with Gasteiger partial charge in [0.15, 0.2) is 0 Å². The highest BCUT2D eigenvalue weighted by Crippen LogP contribution is 2.29. The summed E-state index contributed by atoms with van der Waals surface area (Å²) in [6.45, 7) is 0.279. The van der Waals surface area contributed by atoms with Crippen molar-refractivity contribution in [2.75, 3.05) is 14.2 Å². The van der Waals surface area contributed by atoms with E-state index in [0.717, 1.165) is 41.7 Å². The molecule has 0 bridgehead atoms. The molecule has 0 radical (unpaired) electrons. The van der Waals surface area contributed by atoms with E-state index in [0.29, 0.717) is 11.5 Å². The number of benzene rings is 2. The lowest BCUT2D eigenvalue weighted by Crippen LogP contribution is -2.46. The Kier molecular flexibility index (Phi) is 8.42. The fourth-order valence-corrected chi connectivity index (χ4v) is 5.29. The largest absolute Gasteiger partial charge is 0.497 e. The molecule has 1 unspecified atom stereocenters. The van der Waals surface area contributed by atoms with E-state index in [9.17, 15) is 9.59 Å². The fraction of sp³-hybridized carbons (Fsp3) is 0.357. The maximum atomic E-state index is 13.8. The van der Waals surface area contributed by atoms with Crippen LogP contribution in [0.3, 0.4) is 0 Å². The van der Waals surface area contributed by atoms with Gasteiger partial charge < -0.3 is 19.7 Å². The molecule has 1 fully saturated rings. The zero-order valence-corrected chi connectivity index (χ0v) is 21.1. The Hall–Kier alpha value is -3.32. The molecule has 4 rings (SSSR count). The molecule has 1 atom stereocenters. The summed E-state index contributed by atoms with van der Waals surface area (Å²) in [6.07, 6.45) is 4.39. The van der Waals surface area contributed by atoms with Crippen molar-refractivity contribution in [3.05, 3.63) is 82.0 Å². The summed E-state index contributed by atoms with van der Waals surface area (Å²) in [5.74, 6) is 1.09. The zero-order valence-electron chi connectivity index (χ0n) is 20.2. The average Bonchev–Trinajstić information content (AvgIpc) is 3.58. The van der Waals surface area contributed by atoms with E-state index in [1.807, 2.05) is 66.0 Å². The first-order chi connectivity index (χ1) is 17.1. The second kappa shape index (κ2) is 11.9. The maximum absolute atomic E-state index is 13.8. The Morgan fingerprint density at radius 1 is 1.00 bits per heavy atom. The van der Waals surface area contributed by atoms with Crippen molar-refractivity contribution >= 4 is 23.2 Å². The van der Waals surface area contributed by atoms with Crippen molar-refractivity contribution in [1.29, 1.82) is 0 Å². The van der Waals surface area contributed by atoms with Crippen LogP contribution in [0.15, 0.2) is 66.0 Å². The van der Waals surface area contributed by atoms with Gasteiger partial charge in [-0.05, 0) is 59.7 Å². The molecule has 7 heteroatoms. The molecular formula is C28H32N2O4S. The topological polar surface area (TPSA) is 67.9 Å². The van der Waals surface area contributed by atoms with Gasteiger partial charge in [-0.2, -0.15) is 0 Å². The molecule has 3 aromatic rings. The molecule has 1 heterocycles. The van der Waals surface area contributed by atoms with Gasteiger partial charge in [0.1, 0.15) is 17.5 Å². The summed E-state index contributed by atoms with van der Waals surface area (Å²) >= 11 is 1.54. The van der Waals surface area contributed by atoms with Gasteiger partial charge in [0.2, 0.25) is 11.8 Å². The van der Waals surface area contributed by atoms with Crippen LogP contribution in [-0.2, 0) is 22.6 Å². The van der Waals surface area contributed by atoms with Crippen molar-refractivity contribution in [2.45, 2.75) is 50.7 Å². The summed E-state index contributed by atoms with van der Waals surface area (Å²) in [5, 5.41) is 5.18. The predicted octanol–water partition coefficient (Wildman–Crippen LogP) is 5.14. The fourth-order valence-electron chi connectivity index (χ4n) is 4.59. The minimum absolute atomic E-state index is 0.107. The highest BCUT2D eigenvalue weighted by atomic mass is 32.1. The van der Waals surface area contributed by atoms with Gasteiger partial charge >= 0.3 is 0 Å². The minimum Gasteiger partial charge on any atom is -0.497 e. The van der Waals surface area contributed by atoms with E-state index in [1.165, 1.54) is 0 Å². The highest BCUT2D eigenvalue weighted by Gasteiger charge is 2.33. The Morgan fingerprint density at radius 3 is 2.40 bits per heavy atom. The number of carbonyl (C=O) groups is 2. The number of rotatable bonds is 10. The molecule has 0 saturated heterocycles. The molecule has 6 nitrogen and oxygen atoms in total. The Balaban J connectivity index is 1.72. The number of nitrogens with zero attached hydrogens (tertiary/aromatic N) is 1. The lowest BCUT2D eigenvalue weighted by Gasteiger charge is -2.32. The van der Waals surface area contributed by atoms with Crippen LogP contribution in [0.4, 0.5) is 0 Å². The molecule has 184 valence electrons. The van der Waals surface area contributed by atoms with Crippen molar-refractivity contribution in [1.82, 2.24) is 10.2 Å². The van der Waals surface area contributed by atoms with Crippen LogP contribution in [0, 0.1) is 0 Å². The van der Waals surface area contributed by atoms with Gasteiger partial charge in [0.05, 0.1) is 20.6 Å². The van der Waals surface area contributed by atoms with Gasteiger partial charge in [0, 0.05) is 17.5 Å². The number of thiophene rings is 1.